The number of aliphatic hydroxyl groups is 1. The van der Waals surface area contributed by atoms with Crippen molar-refractivity contribution in [3.8, 4) is 5.75 Å². The number of likely N-dealkylation sites (tertiary alicyclic amines) is 1. The lowest BCUT2D eigenvalue weighted by Gasteiger charge is -2.37. The molecule has 0 aromatic heterocycles. The highest BCUT2D eigenvalue weighted by Crippen LogP contribution is 2.43. The van der Waals surface area contributed by atoms with Crippen LogP contribution in [-0.2, 0) is 16.6 Å². The third-order valence-electron chi connectivity index (χ3n) is 7.28. The molecule has 0 unspecified atom stereocenters. The van der Waals surface area contributed by atoms with Gasteiger partial charge in [-0.25, -0.2) is 0 Å². The van der Waals surface area contributed by atoms with Gasteiger partial charge in [0.2, 0.25) is 5.91 Å². The number of fused-ring (bicyclic) bond motifs is 1. The zero-order valence-electron chi connectivity index (χ0n) is 18.7. The van der Waals surface area contributed by atoms with Gasteiger partial charge in [0.05, 0.1) is 0 Å². The van der Waals surface area contributed by atoms with Gasteiger partial charge in [-0.15, -0.1) is 0 Å². The van der Waals surface area contributed by atoms with Crippen LogP contribution in [0.15, 0.2) is 78.9 Å². The van der Waals surface area contributed by atoms with Crippen LogP contribution in [0.2, 0.25) is 0 Å². The number of amides is 1. The van der Waals surface area contributed by atoms with E-state index >= 15 is 0 Å². The standard InChI is InChI=1S/C28H30N2O3/c29-27(32)28(21-7-3-1-4-8-21,22-9-5-2-6-10-22)23-14-16-30(18-23)15-13-20-11-12-26-24(17-20)25(31)19-33-26/h1-12,17,23,25,31H,13-16,18-19H2,(H2,29,32)/t23-,25-/m1/s1. The number of hydrogen-bond acceptors (Lipinski definition) is 4. The average Bonchev–Trinajstić information content (AvgIpc) is 3.46. The molecule has 5 heteroatoms. The van der Waals surface area contributed by atoms with Gasteiger partial charge in [-0.05, 0) is 54.1 Å². The highest BCUT2D eigenvalue weighted by molar-refractivity contribution is 5.91. The molecule has 2 aliphatic heterocycles. The van der Waals surface area contributed by atoms with E-state index in [4.69, 9.17) is 10.5 Å². The summed E-state index contributed by atoms with van der Waals surface area (Å²) in [5, 5.41) is 10.1. The molecule has 3 aromatic rings. The SMILES string of the molecule is NC(=O)C(c1ccccc1)(c1ccccc1)[C@@H]1CCN(CCc2ccc3c(c2)[C@H](O)CO3)C1. The number of carbonyl (C=O) groups is 1. The Labute approximate surface area is 194 Å². The second kappa shape index (κ2) is 9.00. The van der Waals surface area contributed by atoms with Crippen molar-refractivity contribution in [2.24, 2.45) is 11.7 Å². The number of ether oxygens (including phenoxy) is 1. The van der Waals surface area contributed by atoms with Crippen LogP contribution >= 0.6 is 0 Å². The van der Waals surface area contributed by atoms with Gasteiger partial charge in [-0.3, -0.25) is 4.79 Å². The van der Waals surface area contributed by atoms with Crippen LogP contribution in [0.5, 0.6) is 5.75 Å². The molecule has 5 nitrogen and oxygen atoms in total. The smallest absolute Gasteiger partial charge is 0.232 e. The van der Waals surface area contributed by atoms with Crippen molar-refractivity contribution in [1.82, 2.24) is 4.90 Å². The number of benzene rings is 3. The first kappa shape index (κ1) is 21.7. The fraction of sp³-hybridized carbons (Fsp3) is 0.321. The predicted octanol–water partition coefficient (Wildman–Crippen LogP) is 3.45. The van der Waals surface area contributed by atoms with Crippen molar-refractivity contribution in [1.29, 1.82) is 0 Å². The Kier molecular flexibility index (Phi) is 5.92. The van der Waals surface area contributed by atoms with Gasteiger partial charge >= 0.3 is 0 Å². The molecule has 0 bridgehead atoms. The Morgan fingerprint density at radius 2 is 1.70 bits per heavy atom. The fourth-order valence-corrected chi connectivity index (χ4v) is 5.61. The Morgan fingerprint density at radius 1 is 1.03 bits per heavy atom. The predicted molar refractivity (Wildman–Crippen MR) is 128 cm³/mol. The molecule has 1 amide bonds. The van der Waals surface area contributed by atoms with Crippen molar-refractivity contribution in [3.63, 3.8) is 0 Å². The maximum atomic E-state index is 13.2. The van der Waals surface area contributed by atoms with Crippen molar-refractivity contribution < 1.29 is 14.6 Å². The number of hydrogen-bond donors (Lipinski definition) is 2. The number of nitrogens with two attached hydrogens (primary N) is 1. The summed E-state index contributed by atoms with van der Waals surface area (Å²) < 4.78 is 5.50. The minimum Gasteiger partial charge on any atom is -0.490 e. The van der Waals surface area contributed by atoms with E-state index in [9.17, 15) is 9.90 Å². The molecule has 2 aliphatic rings. The van der Waals surface area contributed by atoms with Gasteiger partial charge in [0.1, 0.15) is 23.9 Å². The molecule has 0 spiro atoms. The Balaban J connectivity index is 1.38. The van der Waals surface area contributed by atoms with Crippen LogP contribution in [0.25, 0.3) is 0 Å². The quantitative estimate of drug-likeness (QED) is 0.588. The molecule has 2 heterocycles. The van der Waals surface area contributed by atoms with Gasteiger partial charge in [-0.2, -0.15) is 0 Å². The summed E-state index contributed by atoms with van der Waals surface area (Å²) in [7, 11) is 0. The fourth-order valence-electron chi connectivity index (χ4n) is 5.61. The molecule has 0 aliphatic carbocycles. The molecule has 2 atom stereocenters. The average molecular weight is 443 g/mol. The molecule has 1 fully saturated rings. The van der Waals surface area contributed by atoms with E-state index in [1.165, 1.54) is 5.56 Å². The lowest BCUT2D eigenvalue weighted by molar-refractivity contribution is -0.123. The summed E-state index contributed by atoms with van der Waals surface area (Å²) in [6.07, 6.45) is 1.25. The van der Waals surface area contributed by atoms with E-state index in [2.05, 4.69) is 17.0 Å². The van der Waals surface area contributed by atoms with Crippen LogP contribution in [0.1, 0.15) is 34.8 Å². The molecule has 170 valence electrons. The van der Waals surface area contributed by atoms with Crippen molar-refractivity contribution in [2.45, 2.75) is 24.4 Å². The lowest BCUT2D eigenvalue weighted by Crippen LogP contribution is -2.49. The largest absolute Gasteiger partial charge is 0.490 e. The summed E-state index contributed by atoms with van der Waals surface area (Å²) in [5.41, 5.74) is 9.34. The molecule has 0 saturated carbocycles. The van der Waals surface area contributed by atoms with Gasteiger partial charge in [0.15, 0.2) is 0 Å². The van der Waals surface area contributed by atoms with Crippen LogP contribution < -0.4 is 10.5 Å². The highest BCUT2D eigenvalue weighted by Gasteiger charge is 2.49. The van der Waals surface area contributed by atoms with Crippen LogP contribution in [0.3, 0.4) is 0 Å². The molecule has 3 N–H and O–H groups in total. The Morgan fingerprint density at radius 3 is 2.33 bits per heavy atom. The first-order valence-electron chi connectivity index (χ1n) is 11.7. The Hall–Kier alpha value is -3.15. The Bertz CT molecular complexity index is 1080. The summed E-state index contributed by atoms with van der Waals surface area (Å²) >= 11 is 0. The van der Waals surface area contributed by atoms with E-state index < -0.39 is 11.5 Å². The topological polar surface area (TPSA) is 75.8 Å². The zero-order chi connectivity index (χ0) is 22.8. The van der Waals surface area contributed by atoms with Crippen molar-refractivity contribution >= 4 is 5.91 Å². The summed E-state index contributed by atoms with van der Waals surface area (Å²) in [4.78, 5) is 15.6. The van der Waals surface area contributed by atoms with E-state index in [-0.39, 0.29) is 11.8 Å². The van der Waals surface area contributed by atoms with Gasteiger partial charge in [0.25, 0.3) is 0 Å². The van der Waals surface area contributed by atoms with Crippen molar-refractivity contribution in [3.05, 3.63) is 101 Å². The maximum Gasteiger partial charge on any atom is 0.232 e. The van der Waals surface area contributed by atoms with E-state index in [1.807, 2.05) is 66.7 Å². The minimum atomic E-state index is -0.855. The van der Waals surface area contributed by atoms with Gasteiger partial charge in [-0.1, -0.05) is 66.7 Å². The van der Waals surface area contributed by atoms with Crippen LogP contribution in [-0.4, -0.2) is 42.2 Å². The first-order chi connectivity index (χ1) is 16.1. The number of nitrogens with zero attached hydrogens (tertiary/aromatic N) is 1. The molecule has 33 heavy (non-hydrogen) atoms. The number of carbonyl (C=O) groups excluding carboxylic acids is 1. The normalized spacial score (nSPS) is 20.4. The van der Waals surface area contributed by atoms with E-state index in [0.717, 1.165) is 54.9 Å². The van der Waals surface area contributed by atoms with Gasteiger partial charge in [0, 0.05) is 18.7 Å². The minimum absolute atomic E-state index is 0.0926. The van der Waals surface area contributed by atoms with Gasteiger partial charge < -0.3 is 20.5 Å². The summed E-state index contributed by atoms with van der Waals surface area (Å²) in [6.45, 7) is 2.96. The third-order valence-corrected chi connectivity index (χ3v) is 7.28. The third kappa shape index (κ3) is 3.92. The van der Waals surface area contributed by atoms with E-state index in [1.54, 1.807) is 0 Å². The monoisotopic (exact) mass is 442 g/mol. The maximum absolute atomic E-state index is 13.2. The summed E-state index contributed by atoms with van der Waals surface area (Å²) in [5.74, 6) is 0.582. The van der Waals surface area contributed by atoms with E-state index in [0.29, 0.717) is 6.61 Å². The van der Waals surface area contributed by atoms with Crippen LogP contribution in [0.4, 0.5) is 0 Å². The van der Waals surface area contributed by atoms with Crippen molar-refractivity contribution in [2.75, 3.05) is 26.2 Å². The molecule has 3 aromatic carbocycles. The lowest BCUT2D eigenvalue weighted by atomic mass is 9.64. The first-order valence-corrected chi connectivity index (χ1v) is 11.7. The molecule has 0 radical (unpaired) electrons. The number of primary amides is 1. The molecular weight excluding hydrogens is 412 g/mol. The number of aliphatic hydroxyl groups excluding tert-OH is 1. The molecule has 5 rings (SSSR count). The number of rotatable bonds is 7. The second-order valence-corrected chi connectivity index (χ2v) is 9.14. The summed E-state index contributed by atoms with van der Waals surface area (Å²) in [6, 6.07) is 26.1. The zero-order valence-corrected chi connectivity index (χ0v) is 18.7. The molecule has 1 saturated heterocycles. The highest BCUT2D eigenvalue weighted by atomic mass is 16.5. The second-order valence-electron chi connectivity index (χ2n) is 9.14. The van der Waals surface area contributed by atoms with Crippen LogP contribution in [0, 0.1) is 5.92 Å². The molecular formula is C28H30N2O3.